The molecule has 0 aromatic carbocycles. The highest BCUT2D eigenvalue weighted by Gasteiger charge is 2.20. The van der Waals surface area contributed by atoms with Crippen molar-refractivity contribution in [3.8, 4) is 5.75 Å². The summed E-state index contributed by atoms with van der Waals surface area (Å²) >= 11 is 11.3. The van der Waals surface area contributed by atoms with E-state index in [-0.39, 0.29) is 16.5 Å². The van der Waals surface area contributed by atoms with E-state index in [4.69, 9.17) is 27.9 Å². The second kappa shape index (κ2) is 3.68. The Balaban J connectivity index is 2.10. The molecule has 3 nitrogen and oxygen atoms in total. The summed E-state index contributed by atoms with van der Waals surface area (Å²) in [6.07, 6.45) is 5.17. The smallest absolute Gasteiger partial charge is 0.224 e. The summed E-state index contributed by atoms with van der Waals surface area (Å²) < 4.78 is 5.52. The zero-order chi connectivity index (χ0) is 9.26. The lowest BCUT2D eigenvalue weighted by molar-refractivity contribution is 0.119. The van der Waals surface area contributed by atoms with Gasteiger partial charge in [-0.3, -0.25) is 0 Å². The Kier molecular flexibility index (Phi) is 2.56. The molecule has 0 bridgehead atoms. The number of nitrogens with zero attached hydrogens (tertiary/aromatic N) is 2. The van der Waals surface area contributed by atoms with Crippen LogP contribution >= 0.6 is 23.2 Å². The van der Waals surface area contributed by atoms with Gasteiger partial charge in [0.2, 0.25) is 5.28 Å². The van der Waals surface area contributed by atoms with E-state index in [1.165, 1.54) is 12.6 Å². The van der Waals surface area contributed by atoms with E-state index in [9.17, 15) is 0 Å². The number of aromatic nitrogens is 2. The first-order chi connectivity index (χ1) is 6.25. The Hall–Kier alpha value is -0.540. The lowest BCUT2D eigenvalue weighted by Gasteiger charge is -2.26. The van der Waals surface area contributed by atoms with Crippen LogP contribution < -0.4 is 4.74 Å². The molecular weight excluding hydrogens is 211 g/mol. The van der Waals surface area contributed by atoms with Crippen LogP contribution in [0.5, 0.6) is 5.75 Å². The van der Waals surface area contributed by atoms with Gasteiger partial charge in [-0.2, -0.15) is 0 Å². The molecular formula is C8H8Cl2N2O. The van der Waals surface area contributed by atoms with Crippen molar-refractivity contribution in [2.75, 3.05) is 0 Å². The number of halogens is 2. The van der Waals surface area contributed by atoms with Crippen molar-refractivity contribution >= 4 is 23.2 Å². The summed E-state index contributed by atoms with van der Waals surface area (Å²) in [7, 11) is 0. The fourth-order valence-electron chi connectivity index (χ4n) is 1.08. The Morgan fingerprint density at radius 1 is 1.38 bits per heavy atom. The molecule has 13 heavy (non-hydrogen) atoms. The Morgan fingerprint density at radius 3 is 2.69 bits per heavy atom. The number of hydrogen-bond acceptors (Lipinski definition) is 3. The Labute approximate surface area is 86.0 Å². The summed E-state index contributed by atoms with van der Waals surface area (Å²) in [6.45, 7) is 0. The van der Waals surface area contributed by atoms with Crippen molar-refractivity contribution in [2.45, 2.75) is 25.4 Å². The molecule has 70 valence electrons. The third-order valence-electron chi connectivity index (χ3n) is 2.03. The molecule has 0 aliphatic heterocycles. The summed E-state index contributed by atoms with van der Waals surface area (Å²) in [4.78, 5) is 7.58. The highest BCUT2D eigenvalue weighted by Crippen LogP contribution is 2.29. The lowest BCUT2D eigenvalue weighted by atomic mass is 9.96. The second-order valence-electron chi connectivity index (χ2n) is 2.96. The maximum absolute atomic E-state index is 5.79. The van der Waals surface area contributed by atoms with Crippen molar-refractivity contribution < 1.29 is 4.74 Å². The molecule has 0 atom stereocenters. The van der Waals surface area contributed by atoms with Gasteiger partial charge in [0.05, 0.1) is 12.3 Å². The molecule has 2 rings (SSSR count). The highest BCUT2D eigenvalue weighted by atomic mass is 35.5. The van der Waals surface area contributed by atoms with Crippen molar-refractivity contribution in [2.24, 2.45) is 0 Å². The van der Waals surface area contributed by atoms with Gasteiger partial charge in [0.15, 0.2) is 10.9 Å². The van der Waals surface area contributed by atoms with Crippen LogP contribution in [-0.2, 0) is 0 Å². The van der Waals surface area contributed by atoms with Crippen molar-refractivity contribution in [3.05, 3.63) is 16.6 Å². The van der Waals surface area contributed by atoms with E-state index in [1.807, 2.05) is 0 Å². The van der Waals surface area contributed by atoms with Crippen molar-refractivity contribution in [1.82, 2.24) is 9.97 Å². The molecule has 1 heterocycles. The molecule has 0 radical (unpaired) electrons. The van der Waals surface area contributed by atoms with E-state index >= 15 is 0 Å². The quantitative estimate of drug-likeness (QED) is 0.566. The minimum atomic E-state index is 0.144. The van der Waals surface area contributed by atoms with Gasteiger partial charge < -0.3 is 4.74 Å². The predicted molar refractivity (Wildman–Crippen MR) is 50.3 cm³/mol. The molecule has 0 amide bonds. The third kappa shape index (κ3) is 2.03. The fourth-order valence-corrected chi connectivity index (χ4v) is 1.43. The summed E-state index contributed by atoms with van der Waals surface area (Å²) in [5, 5.41) is 0.429. The topological polar surface area (TPSA) is 35.0 Å². The molecule has 0 saturated heterocycles. The monoisotopic (exact) mass is 218 g/mol. The minimum absolute atomic E-state index is 0.144. The number of ether oxygens (including phenoxy) is 1. The fraction of sp³-hybridized carbons (Fsp3) is 0.500. The molecule has 1 aliphatic rings. The Bertz CT molecular complexity index is 315. The Morgan fingerprint density at radius 2 is 2.15 bits per heavy atom. The zero-order valence-corrected chi connectivity index (χ0v) is 8.35. The van der Waals surface area contributed by atoms with Crippen LogP contribution in [-0.4, -0.2) is 16.1 Å². The SMILES string of the molecule is Clc1ncc(OC2CCC2)c(Cl)n1. The van der Waals surface area contributed by atoms with Crippen LogP contribution in [0.2, 0.25) is 10.4 Å². The van der Waals surface area contributed by atoms with Gasteiger partial charge >= 0.3 is 0 Å². The minimum Gasteiger partial charge on any atom is -0.486 e. The molecule has 0 unspecified atom stereocenters. The first kappa shape index (κ1) is 9.03. The molecule has 1 aromatic rings. The predicted octanol–water partition coefficient (Wildman–Crippen LogP) is 2.71. The second-order valence-corrected chi connectivity index (χ2v) is 3.66. The standard InChI is InChI=1S/C8H8Cl2N2O/c9-7-6(4-11-8(10)12-7)13-5-2-1-3-5/h4-5H,1-3H2. The molecule has 1 fully saturated rings. The average Bonchev–Trinajstić information content (AvgIpc) is 1.99. The van der Waals surface area contributed by atoms with E-state index in [1.54, 1.807) is 0 Å². The lowest BCUT2D eigenvalue weighted by Crippen LogP contribution is -2.24. The van der Waals surface area contributed by atoms with Gasteiger partial charge in [-0.15, -0.1) is 0 Å². The normalized spacial score (nSPS) is 16.8. The maximum atomic E-state index is 5.79. The molecule has 0 spiro atoms. The van der Waals surface area contributed by atoms with E-state index in [0.717, 1.165) is 12.8 Å². The highest BCUT2D eigenvalue weighted by molar-refractivity contribution is 6.32. The van der Waals surface area contributed by atoms with Crippen LogP contribution in [0.1, 0.15) is 19.3 Å². The van der Waals surface area contributed by atoms with E-state index in [0.29, 0.717) is 5.75 Å². The first-order valence-corrected chi connectivity index (χ1v) is 4.86. The first-order valence-electron chi connectivity index (χ1n) is 4.10. The third-order valence-corrected chi connectivity index (χ3v) is 2.48. The van der Waals surface area contributed by atoms with Crippen LogP contribution in [0, 0.1) is 0 Å². The average molecular weight is 219 g/mol. The number of hydrogen-bond donors (Lipinski definition) is 0. The van der Waals surface area contributed by atoms with Gasteiger partial charge in [0, 0.05) is 0 Å². The summed E-state index contributed by atoms with van der Waals surface area (Å²) in [5.41, 5.74) is 0. The largest absolute Gasteiger partial charge is 0.486 e. The van der Waals surface area contributed by atoms with Gasteiger partial charge in [0.1, 0.15) is 0 Å². The number of rotatable bonds is 2. The van der Waals surface area contributed by atoms with Gasteiger partial charge in [-0.1, -0.05) is 11.6 Å². The van der Waals surface area contributed by atoms with Gasteiger partial charge in [0.25, 0.3) is 0 Å². The van der Waals surface area contributed by atoms with E-state index in [2.05, 4.69) is 9.97 Å². The van der Waals surface area contributed by atoms with Crippen LogP contribution in [0.3, 0.4) is 0 Å². The zero-order valence-electron chi connectivity index (χ0n) is 6.83. The molecule has 5 heteroatoms. The summed E-state index contributed by atoms with van der Waals surface area (Å²) in [6, 6.07) is 0. The molecule has 1 saturated carbocycles. The van der Waals surface area contributed by atoms with Crippen LogP contribution in [0.15, 0.2) is 6.20 Å². The van der Waals surface area contributed by atoms with E-state index < -0.39 is 0 Å². The van der Waals surface area contributed by atoms with Crippen molar-refractivity contribution in [1.29, 1.82) is 0 Å². The van der Waals surface area contributed by atoms with Crippen LogP contribution in [0.4, 0.5) is 0 Å². The summed E-state index contributed by atoms with van der Waals surface area (Å²) in [5.74, 6) is 0.524. The maximum Gasteiger partial charge on any atom is 0.224 e. The van der Waals surface area contributed by atoms with Crippen molar-refractivity contribution in [3.63, 3.8) is 0 Å². The molecule has 1 aliphatic carbocycles. The molecule has 0 N–H and O–H groups in total. The van der Waals surface area contributed by atoms with Gasteiger partial charge in [-0.25, -0.2) is 9.97 Å². The molecule has 1 aromatic heterocycles. The van der Waals surface area contributed by atoms with Crippen LogP contribution in [0.25, 0.3) is 0 Å². The van der Waals surface area contributed by atoms with Gasteiger partial charge in [-0.05, 0) is 30.9 Å².